The van der Waals surface area contributed by atoms with E-state index >= 15 is 0 Å². The molecule has 3 nitrogen and oxygen atoms in total. The molecule has 2 fully saturated rings. The molecule has 0 radical (unpaired) electrons. The van der Waals surface area contributed by atoms with Gasteiger partial charge in [-0.3, -0.25) is 9.59 Å². The normalized spacial score (nSPS) is 35.8. The molecule has 0 aliphatic heterocycles. The summed E-state index contributed by atoms with van der Waals surface area (Å²) in [5.74, 6) is 7.53. The third-order valence-electron chi connectivity index (χ3n) is 8.94. The van der Waals surface area contributed by atoms with Crippen LogP contribution in [-0.2, 0) is 4.79 Å². The first-order valence-corrected chi connectivity index (χ1v) is 12.0. The molecule has 0 saturated heterocycles. The second-order valence-corrected chi connectivity index (χ2v) is 10.4. The number of aliphatic hydroxyl groups is 1. The largest absolute Gasteiger partial charge is 0.377 e. The Kier molecular flexibility index (Phi) is 5.06. The molecule has 0 aromatic heterocycles. The molecule has 4 aliphatic carbocycles. The molecule has 32 heavy (non-hydrogen) atoms. The smallest absolute Gasteiger partial charge is 0.159 e. The quantitative estimate of drug-likeness (QED) is 0.497. The lowest BCUT2D eigenvalue weighted by atomic mass is 9.51. The van der Waals surface area contributed by atoms with E-state index in [1.807, 2.05) is 25.1 Å². The van der Waals surface area contributed by atoms with E-state index in [4.69, 9.17) is 0 Å². The highest BCUT2D eigenvalue weighted by Crippen LogP contribution is 2.66. The Morgan fingerprint density at radius 1 is 1.12 bits per heavy atom. The topological polar surface area (TPSA) is 54.4 Å². The average Bonchev–Trinajstić information content (AvgIpc) is 3.03. The number of ketones is 2. The molecule has 1 aromatic carbocycles. The van der Waals surface area contributed by atoms with E-state index in [9.17, 15) is 14.7 Å². The monoisotopic (exact) mass is 428 g/mol. The molecule has 5 rings (SSSR count). The van der Waals surface area contributed by atoms with E-state index in [1.165, 1.54) is 22.3 Å². The van der Waals surface area contributed by atoms with Gasteiger partial charge >= 0.3 is 0 Å². The maximum atomic E-state index is 12.1. The third-order valence-corrected chi connectivity index (χ3v) is 8.94. The molecular formula is C29H32O3. The number of Topliss-reactive ketones (excluding diaryl/α,β-unsaturated/α-hetero) is 1. The van der Waals surface area contributed by atoms with Gasteiger partial charge in [0.2, 0.25) is 0 Å². The van der Waals surface area contributed by atoms with E-state index in [1.54, 1.807) is 6.92 Å². The second kappa shape index (κ2) is 7.56. The second-order valence-electron chi connectivity index (χ2n) is 10.4. The van der Waals surface area contributed by atoms with E-state index in [-0.39, 0.29) is 22.9 Å². The van der Waals surface area contributed by atoms with Gasteiger partial charge in [-0.25, -0.2) is 0 Å². The van der Waals surface area contributed by atoms with E-state index < -0.39 is 5.60 Å². The lowest BCUT2D eigenvalue weighted by Gasteiger charge is -2.53. The van der Waals surface area contributed by atoms with Crippen LogP contribution in [0.3, 0.4) is 0 Å². The van der Waals surface area contributed by atoms with E-state index in [0.717, 1.165) is 44.1 Å². The van der Waals surface area contributed by atoms with Crippen molar-refractivity contribution >= 4 is 11.6 Å². The number of rotatable bonds is 2. The molecule has 0 heterocycles. The number of benzene rings is 1. The van der Waals surface area contributed by atoms with Crippen LogP contribution in [0.2, 0.25) is 0 Å². The highest BCUT2D eigenvalue weighted by molar-refractivity contribution is 5.94. The van der Waals surface area contributed by atoms with Crippen molar-refractivity contribution in [1.82, 2.24) is 0 Å². The van der Waals surface area contributed by atoms with Gasteiger partial charge in [0.25, 0.3) is 0 Å². The Balaban J connectivity index is 1.68. The zero-order valence-electron chi connectivity index (χ0n) is 19.3. The minimum absolute atomic E-state index is 0.0733. The van der Waals surface area contributed by atoms with Gasteiger partial charge in [-0.15, -0.1) is 5.92 Å². The molecule has 0 bridgehead atoms. The van der Waals surface area contributed by atoms with E-state index in [2.05, 4.69) is 30.9 Å². The molecule has 2 saturated carbocycles. The fraction of sp³-hybridized carbons (Fsp3) is 0.517. The van der Waals surface area contributed by atoms with Crippen LogP contribution in [0, 0.1) is 29.1 Å². The van der Waals surface area contributed by atoms with Crippen LogP contribution in [0.25, 0.3) is 0 Å². The lowest BCUT2D eigenvalue weighted by Crippen LogP contribution is -2.51. The average molecular weight is 429 g/mol. The van der Waals surface area contributed by atoms with Crippen LogP contribution in [-0.4, -0.2) is 22.3 Å². The SMILES string of the molecule is CC#C[C@]1(O)CC[C@@H]2[C@@H]3CCC4=CC(=O)CCC4=C3[C@@H](c3ccc(C(C)=O)cc3)C[C@@]21C. The summed E-state index contributed by atoms with van der Waals surface area (Å²) in [6, 6.07) is 8.06. The minimum atomic E-state index is -0.959. The van der Waals surface area contributed by atoms with Gasteiger partial charge in [0.15, 0.2) is 11.6 Å². The Morgan fingerprint density at radius 3 is 2.56 bits per heavy atom. The molecule has 3 heteroatoms. The third kappa shape index (κ3) is 3.07. The van der Waals surface area contributed by atoms with Crippen molar-refractivity contribution in [1.29, 1.82) is 0 Å². The maximum Gasteiger partial charge on any atom is 0.159 e. The molecule has 0 unspecified atom stereocenters. The zero-order valence-corrected chi connectivity index (χ0v) is 19.3. The molecule has 0 spiro atoms. The van der Waals surface area contributed by atoms with Crippen LogP contribution < -0.4 is 0 Å². The Hall–Kier alpha value is -2.44. The van der Waals surface area contributed by atoms with Crippen LogP contribution in [0.4, 0.5) is 0 Å². The number of hydrogen-bond donors (Lipinski definition) is 1. The molecular weight excluding hydrogens is 396 g/mol. The zero-order chi connectivity index (χ0) is 22.7. The number of hydrogen-bond acceptors (Lipinski definition) is 3. The molecule has 1 N–H and O–H groups in total. The van der Waals surface area contributed by atoms with Crippen molar-refractivity contribution in [3.05, 3.63) is 58.2 Å². The predicted molar refractivity (Wildman–Crippen MR) is 125 cm³/mol. The van der Waals surface area contributed by atoms with Crippen LogP contribution >= 0.6 is 0 Å². The molecule has 1 aromatic rings. The Morgan fingerprint density at radius 2 is 1.88 bits per heavy atom. The number of carbonyl (C=O) groups excluding carboxylic acids is 2. The van der Waals surface area contributed by atoms with Crippen LogP contribution in [0.5, 0.6) is 0 Å². The molecule has 4 aliphatic rings. The van der Waals surface area contributed by atoms with Crippen molar-refractivity contribution in [2.24, 2.45) is 17.3 Å². The summed E-state index contributed by atoms with van der Waals surface area (Å²) in [7, 11) is 0. The van der Waals surface area contributed by atoms with Gasteiger partial charge < -0.3 is 5.11 Å². The van der Waals surface area contributed by atoms with Crippen LogP contribution in [0.15, 0.2) is 47.1 Å². The summed E-state index contributed by atoms with van der Waals surface area (Å²) < 4.78 is 0. The van der Waals surface area contributed by atoms with Gasteiger partial charge in [0.1, 0.15) is 5.60 Å². The molecule has 5 atom stereocenters. The van der Waals surface area contributed by atoms with Gasteiger partial charge in [-0.2, -0.15) is 0 Å². The summed E-state index contributed by atoms with van der Waals surface area (Å²) in [5.41, 5.74) is 4.84. The summed E-state index contributed by atoms with van der Waals surface area (Å²) in [6.45, 7) is 5.67. The van der Waals surface area contributed by atoms with Crippen LogP contribution in [0.1, 0.15) is 87.6 Å². The Bertz CT molecular complexity index is 1110. The summed E-state index contributed by atoms with van der Waals surface area (Å²) in [6.07, 6.45) is 7.88. The standard InChI is InChI=1S/C29H32O3/c1-4-14-29(32)15-13-26-24-11-9-21-16-22(31)10-12-23(21)27(24)25(17-28(26,29)3)20-7-5-19(6-8-20)18(2)30/h5-8,16,24-26,32H,9-13,15,17H2,1-3H3/t24-,25+,26+,28-,29-/m0/s1. The van der Waals surface area contributed by atoms with Crippen molar-refractivity contribution in [2.75, 3.05) is 0 Å². The molecule has 0 amide bonds. The van der Waals surface area contributed by atoms with Crippen molar-refractivity contribution in [3.8, 4) is 11.8 Å². The van der Waals surface area contributed by atoms with Gasteiger partial charge in [-0.05, 0) is 87.0 Å². The lowest BCUT2D eigenvalue weighted by molar-refractivity contribution is -0.114. The van der Waals surface area contributed by atoms with Crippen molar-refractivity contribution in [2.45, 2.75) is 77.2 Å². The molecule has 166 valence electrons. The first kappa shape index (κ1) is 21.4. The fourth-order valence-electron chi connectivity index (χ4n) is 7.33. The highest BCUT2D eigenvalue weighted by atomic mass is 16.3. The van der Waals surface area contributed by atoms with Gasteiger partial charge in [0, 0.05) is 23.3 Å². The first-order valence-electron chi connectivity index (χ1n) is 12.0. The van der Waals surface area contributed by atoms with Crippen molar-refractivity contribution in [3.63, 3.8) is 0 Å². The number of fused-ring (bicyclic) bond motifs is 4. The highest BCUT2D eigenvalue weighted by Gasteiger charge is 2.62. The Labute approximate surface area is 191 Å². The maximum absolute atomic E-state index is 12.1. The number of allylic oxidation sites excluding steroid dienone is 4. The van der Waals surface area contributed by atoms with Gasteiger partial charge in [-0.1, -0.05) is 42.7 Å². The van der Waals surface area contributed by atoms with Crippen molar-refractivity contribution < 1.29 is 14.7 Å². The summed E-state index contributed by atoms with van der Waals surface area (Å²) >= 11 is 0. The minimum Gasteiger partial charge on any atom is -0.377 e. The summed E-state index contributed by atoms with van der Waals surface area (Å²) in [4.78, 5) is 24.0. The van der Waals surface area contributed by atoms with E-state index in [0.29, 0.717) is 18.3 Å². The first-order chi connectivity index (χ1) is 15.3. The van der Waals surface area contributed by atoms with Gasteiger partial charge in [0.05, 0.1) is 0 Å². The number of carbonyl (C=O) groups is 2. The predicted octanol–water partition coefficient (Wildman–Crippen LogP) is 5.54. The fourth-order valence-corrected chi connectivity index (χ4v) is 7.33. The summed E-state index contributed by atoms with van der Waals surface area (Å²) in [5, 5.41) is 11.7.